The molecule has 0 amide bonds. The van der Waals surface area contributed by atoms with Crippen LogP contribution in [-0.4, -0.2) is 27.5 Å². The van der Waals surface area contributed by atoms with Gasteiger partial charge in [-0.25, -0.2) is 4.79 Å². The minimum absolute atomic E-state index is 0.255. The molecule has 120 valence electrons. The number of nitrogens with one attached hydrogen (secondary N) is 1. The van der Waals surface area contributed by atoms with Gasteiger partial charge < -0.3 is 9.40 Å². The van der Waals surface area contributed by atoms with E-state index in [1.807, 2.05) is 12.1 Å². The molecule has 2 heterocycles. The van der Waals surface area contributed by atoms with Crippen LogP contribution in [0, 0.1) is 6.92 Å². The highest BCUT2D eigenvalue weighted by atomic mass is 16.3. The van der Waals surface area contributed by atoms with Crippen LogP contribution in [0.1, 0.15) is 31.2 Å². The molecule has 2 aromatic heterocycles. The van der Waals surface area contributed by atoms with Crippen molar-refractivity contribution in [3.63, 3.8) is 0 Å². The number of aromatic amines is 1. The summed E-state index contributed by atoms with van der Waals surface area (Å²) in [6, 6.07) is 5.25. The summed E-state index contributed by atoms with van der Waals surface area (Å²) in [6.45, 7) is 6.45. The van der Waals surface area contributed by atoms with Gasteiger partial charge in [-0.2, -0.15) is 0 Å². The van der Waals surface area contributed by atoms with E-state index in [9.17, 15) is 9.59 Å². The molecule has 0 unspecified atom stereocenters. The SMILES string of the molecule is CCCCN(CCn1c(=O)cc(C)[nH]c1=O)Cc1ccco1. The molecule has 0 spiro atoms. The van der Waals surface area contributed by atoms with Gasteiger partial charge in [0.05, 0.1) is 12.8 Å². The molecule has 0 aliphatic heterocycles. The number of furan rings is 1. The Bertz CT molecular complexity index is 654. The van der Waals surface area contributed by atoms with Crippen LogP contribution in [0.2, 0.25) is 0 Å². The topological polar surface area (TPSA) is 71.2 Å². The molecule has 2 aromatic rings. The van der Waals surface area contributed by atoms with Gasteiger partial charge >= 0.3 is 5.69 Å². The van der Waals surface area contributed by atoms with Crippen molar-refractivity contribution in [3.05, 3.63) is 56.8 Å². The van der Waals surface area contributed by atoms with Gasteiger partial charge in [-0.05, 0) is 32.0 Å². The lowest BCUT2D eigenvalue weighted by Gasteiger charge is -2.21. The average molecular weight is 305 g/mol. The normalized spacial score (nSPS) is 11.2. The molecular formula is C16H23N3O3. The monoisotopic (exact) mass is 305 g/mol. The number of aryl methyl sites for hydroxylation is 1. The fraction of sp³-hybridized carbons (Fsp3) is 0.500. The maximum Gasteiger partial charge on any atom is 0.328 e. The molecule has 2 rings (SSSR count). The van der Waals surface area contributed by atoms with Gasteiger partial charge in [0.1, 0.15) is 5.76 Å². The Hall–Kier alpha value is -2.08. The summed E-state index contributed by atoms with van der Waals surface area (Å²) >= 11 is 0. The molecule has 0 saturated carbocycles. The third-order valence-corrected chi connectivity index (χ3v) is 3.58. The van der Waals surface area contributed by atoms with E-state index in [1.54, 1.807) is 13.2 Å². The number of unbranched alkanes of at least 4 members (excludes halogenated alkanes) is 1. The van der Waals surface area contributed by atoms with Crippen molar-refractivity contribution >= 4 is 0 Å². The second-order valence-electron chi connectivity index (χ2n) is 5.46. The number of hydrogen-bond acceptors (Lipinski definition) is 4. The second kappa shape index (κ2) is 7.79. The highest BCUT2D eigenvalue weighted by Gasteiger charge is 2.10. The zero-order valence-electron chi connectivity index (χ0n) is 13.2. The second-order valence-corrected chi connectivity index (χ2v) is 5.46. The molecule has 0 aromatic carbocycles. The Morgan fingerprint density at radius 2 is 2.14 bits per heavy atom. The van der Waals surface area contributed by atoms with Crippen LogP contribution in [0.25, 0.3) is 0 Å². The summed E-state index contributed by atoms with van der Waals surface area (Å²) in [5, 5.41) is 0. The molecular weight excluding hydrogens is 282 g/mol. The van der Waals surface area contributed by atoms with Gasteiger partial charge in [0.25, 0.3) is 5.56 Å². The van der Waals surface area contributed by atoms with E-state index in [1.165, 1.54) is 10.6 Å². The smallest absolute Gasteiger partial charge is 0.328 e. The van der Waals surface area contributed by atoms with Crippen molar-refractivity contribution in [2.75, 3.05) is 13.1 Å². The Kier molecular flexibility index (Phi) is 5.77. The fourth-order valence-electron chi connectivity index (χ4n) is 2.36. The van der Waals surface area contributed by atoms with Crippen molar-refractivity contribution in [1.82, 2.24) is 14.5 Å². The summed E-state index contributed by atoms with van der Waals surface area (Å²) in [7, 11) is 0. The zero-order chi connectivity index (χ0) is 15.9. The molecule has 0 aliphatic rings. The van der Waals surface area contributed by atoms with Crippen LogP contribution >= 0.6 is 0 Å². The van der Waals surface area contributed by atoms with Crippen molar-refractivity contribution in [2.45, 2.75) is 39.8 Å². The number of rotatable bonds is 8. The van der Waals surface area contributed by atoms with Crippen molar-refractivity contribution in [1.29, 1.82) is 0 Å². The number of hydrogen-bond donors (Lipinski definition) is 1. The van der Waals surface area contributed by atoms with Crippen LogP contribution in [0.5, 0.6) is 0 Å². The summed E-state index contributed by atoms with van der Waals surface area (Å²) in [5.74, 6) is 0.890. The van der Waals surface area contributed by atoms with E-state index >= 15 is 0 Å². The Balaban J connectivity index is 2.04. The van der Waals surface area contributed by atoms with Gasteiger partial charge in [-0.3, -0.25) is 14.3 Å². The molecule has 0 fully saturated rings. The predicted octanol–water partition coefficient (Wildman–Crippen LogP) is 1.74. The molecule has 22 heavy (non-hydrogen) atoms. The van der Waals surface area contributed by atoms with Gasteiger partial charge in [0, 0.05) is 24.8 Å². The molecule has 6 heteroatoms. The summed E-state index contributed by atoms with van der Waals surface area (Å²) in [6.07, 6.45) is 3.82. The third-order valence-electron chi connectivity index (χ3n) is 3.58. The first-order valence-corrected chi connectivity index (χ1v) is 7.65. The van der Waals surface area contributed by atoms with Crippen LogP contribution in [-0.2, 0) is 13.1 Å². The first kappa shape index (κ1) is 16.3. The first-order valence-electron chi connectivity index (χ1n) is 7.65. The van der Waals surface area contributed by atoms with Crippen molar-refractivity contribution in [2.24, 2.45) is 0 Å². The van der Waals surface area contributed by atoms with E-state index in [4.69, 9.17) is 4.42 Å². The van der Waals surface area contributed by atoms with E-state index in [2.05, 4.69) is 16.8 Å². The van der Waals surface area contributed by atoms with Gasteiger partial charge in [0.2, 0.25) is 0 Å². The lowest BCUT2D eigenvalue weighted by atomic mass is 10.3. The molecule has 6 nitrogen and oxygen atoms in total. The van der Waals surface area contributed by atoms with Crippen LogP contribution < -0.4 is 11.2 Å². The minimum Gasteiger partial charge on any atom is -0.468 e. The van der Waals surface area contributed by atoms with Crippen molar-refractivity contribution in [3.8, 4) is 0 Å². The lowest BCUT2D eigenvalue weighted by Crippen LogP contribution is -2.39. The summed E-state index contributed by atoms with van der Waals surface area (Å²) < 4.78 is 6.63. The van der Waals surface area contributed by atoms with E-state index in [0.717, 1.165) is 25.1 Å². The maximum absolute atomic E-state index is 11.9. The number of nitrogens with zero attached hydrogens (tertiary/aromatic N) is 2. The first-order chi connectivity index (χ1) is 10.6. The van der Waals surface area contributed by atoms with Crippen molar-refractivity contribution < 1.29 is 4.42 Å². The maximum atomic E-state index is 11.9. The van der Waals surface area contributed by atoms with Crippen LogP contribution in [0.4, 0.5) is 0 Å². The highest BCUT2D eigenvalue weighted by molar-refractivity contribution is 4.98. The van der Waals surface area contributed by atoms with Gasteiger partial charge in [-0.1, -0.05) is 13.3 Å². The predicted molar refractivity (Wildman–Crippen MR) is 85.0 cm³/mol. The zero-order valence-corrected chi connectivity index (χ0v) is 13.2. The standard InChI is InChI=1S/C16H23N3O3/c1-3-4-7-18(12-14-6-5-10-22-14)8-9-19-15(20)11-13(2)17-16(19)21/h5-6,10-11H,3-4,7-9,12H2,1-2H3,(H,17,21). The van der Waals surface area contributed by atoms with Gasteiger partial charge in [-0.15, -0.1) is 0 Å². The highest BCUT2D eigenvalue weighted by Crippen LogP contribution is 2.06. The Morgan fingerprint density at radius 3 is 2.77 bits per heavy atom. The average Bonchev–Trinajstić information content (AvgIpc) is 2.96. The lowest BCUT2D eigenvalue weighted by molar-refractivity contribution is 0.229. The Labute approximate surface area is 129 Å². The van der Waals surface area contributed by atoms with E-state index < -0.39 is 0 Å². The van der Waals surface area contributed by atoms with Crippen LogP contribution in [0.15, 0.2) is 38.5 Å². The quantitative estimate of drug-likeness (QED) is 0.806. The van der Waals surface area contributed by atoms with Crippen LogP contribution in [0.3, 0.4) is 0 Å². The molecule has 0 aliphatic carbocycles. The molecule has 1 N–H and O–H groups in total. The number of aromatic nitrogens is 2. The minimum atomic E-state index is -0.349. The molecule has 0 radical (unpaired) electrons. The number of H-pyrrole nitrogens is 1. The fourth-order valence-corrected chi connectivity index (χ4v) is 2.36. The Morgan fingerprint density at radius 1 is 1.32 bits per heavy atom. The van der Waals surface area contributed by atoms with E-state index in [0.29, 0.717) is 25.3 Å². The van der Waals surface area contributed by atoms with E-state index in [-0.39, 0.29) is 11.2 Å². The largest absolute Gasteiger partial charge is 0.468 e. The summed E-state index contributed by atoms with van der Waals surface area (Å²) in [4.78, 5) is 28.7. The summed E-state index contributed by atoms with van der Waals surface area (Å²) in [5.41, 5.74) is -0.0159. The molecule has 0 saturated heterocycles. The van der Waals surface area contributed by atoms with Gasteiger partial charge in [0.15, 0.2) is 0 Å². The molecule has 0 atom stereocenters. The molecule has 0 bridgehead atoms. The third kappa shape index (κ3) is 4.46.